The van der Waals surface area contributed by atoms with Gasteiger partial charge in [0.1, 0.15) is 12.4 Å². The van der Waals surface area contributed by atoms with Crippen LogP contribution in [0.1, 0.15) is 28.3 Å². The zero-order valence-electron chi connectivity index (χ0n) is 13.4. The molecule has 2 N–H and O–H groups in total. The quantitative estimate of drug-likeness (QED) is 0.909. The smallest absolute Gasteiger partial charge is 0.125 e. The number of nitrogens with one attached hydrogen (secondary N) is 2. The lowest BCUT2D eigenvalue weighted by atomic mass is 9.99. The molecule has 1 aliphatic rings. The Hall–Kier alpha value is -1.84. The fourth-order valence-corrected chi connectivity index (χ4v) is 3.03. The number of hydrogen-bond donors (Lipinski definition) is 2. The van der Waals surface area contributed by atoms with E-state index in [1.54, 1.807) is 0 Å². The van der Waals surface area contributed by atoms with Gasteiger partial charge in [-0.2, -0.15) is 0 Å². The van der Waals surface area contributed by atoms with Crippen LogP contribution in [0.25, 0.3) is 0 Å². The SMILES string of the molecule is Cc1cc([C@H]2CNCCN2)cc(C)c1OCc1ccccc1. The third-order valence-electron chi connectivity index (χ3n) is 4.15. The van der Waals surface area contributed by atoms with Crippen molar-refractivity contribution in [2.45, 2.75) is 26.5 Å². The first-order valence-corrected chi connectivity index (χ1v) is 7.96. The summed E-state index contributed by atoms with van der Waals surface area (Å²) < 4.78 is 6.06. The summed E-state index contributed by atoms with van der Waals surface area (Å²) in [6, 6.07) is 15.2. The summed E-state index contributed by atoms with van der Waals surface area (Å²) in [7, 11) is 0. The second-order valence-corrected chi connectivity index (χ2v) is 5.97. The van der Waals surface area contributed by atoms with Crippen molar-refractivity contribution in [2.24, 2.45) is 0 Å². The third-order valence-corrected chi connectivity index (χ3v) is 4.15. The first-order valence-electron chi connectivity index (χ1n) is 7.96. The summed E-state index contributed by atoms with van der Waals surface area (Å²) in [5.41, 5.74) is 4.95. The van der Waals surface area contributed by atoms with Crippen LogP contribution in [-0.4, -0.2) is 19.6 Å². The van der Waals surface area contributed by atoms with Gasteiger partial charge < -0.3 is 15.4 Å². The average molecular weight is 296 g/mol. The number of benzene rings is 2. The summed E-state index contributed by atoms with van der Waals surface area (Å²) in [6.45, 7) is 7.94. The third kappa shape index (κ3) is 3.49. The van der Waals surface area contributed by atoms with Crippen LogP contribution in [0, 0.1) is 13.8 Å². The Morgan fingerprint density at radius 2 is 1.77 bits per heavy atom. The largest absolute Gasteiger partial charge is 0.488 e. The van der Waals surface area contributed by atoms with Crippen LogP contribution in [0.3, 0.4) is 0 Å². The molecule has 2 aromatic carbocycles. The second kappa shape index (κ2) is 6.95. The fourth-order valence-electron chi connectivity index (χ4n) is 3.03. The molecule has 2 aromatic rings. The Morgan fingerprint density at radius 3 is 2.41 bits per heavy atom. The zero-order chi connectivity index (χ0) is 15.4. The van der Waals surface area contributed by atoms with Crippen LogP contribution in [0.15, 0.2) is 42.5 Å². The minimum Gasteiger partial charge on any atom is -0.488 e. The van der Waals surface area contributed by atoms with E-state index in [-0.39, 0.29) is 0 Å². The number of rotatable bonds is 4. The Bertz CT molecular complexity index is 596. The molecule has 3 nitrogen and oxygen atoms in total. The van der Waals surface area contributed by atoms with Gasteiger partial charge in [0, 0.05) is 25.7 Å². The summed E-state index contributed by atoms with van der Waals surface area (Å²) in [5, 5.41) is 7.00. The number of hydrogen-bond acceptors (Lipinski definition) is 3. The lowest BCUT2D eigenvalue weighted by Gasteiger charge is -2.26. The van der Waals surface area contributed by atoms with Gasteiger partial charge in [-0.15, -0.1) is 0 Å². The topological polar surface area (TPSA) is 33.3 Å². The average Bonchev–Trinajstić information content (AvgIpc) is 2.56. The van der Waals surface area contributed by atoms with Crippen LogP contribution in [0.5, 0.6) is 5.75 Å². The van der Waals surface area contributed by atoms with Crippen molar-refractivity contribution in [3.8, 4) is 5.75 Å². The van der Waals surface area contributed by atoms with Gasteiger partial charge in [-0.05, 0) is 36.1 Å². The van der Waals surface area contributed by atoms with Gasteiger partial charge in [0.05, 0.1) is 0 Å². The lowest BCUT2D eigenvalue weighted by Crippen LogP contribution is -2.42. The Kier molecular flexibility index (Phi) is 4.76. The van der Waals surface area contributed by atoms with Gasteiger partial charge >= 0.3 is 0 Å². The maximum absolute atomic E-state index is 6.06. The second-order valence-electron chi connectivity index (χ2n) is 5.97. The molecule has 0 bridgehead atoms. The summed E-state index contributed by atoms with van der Waals surface area (Å²) in [4.78, 5) is 0. The maximum atomic E-state index is 6.06. The van der Waals surface area contributed by atoms with Gasteiger partial charge in [-0.1, -0.05) is 42.5 Å². The van der Waals surface area contributed by atoms with E-state index in [1.165, 1.54) is 22.3 Å². The van der Waals surface area contributed by atoms with Gasteiger partial charge in [-0.3, -0.25) is 0 Å². The van der Waals surface area contributed by atoms with Crippen molar-refractivity contribution in [3.05, 3.63) is 64.7 Å². The van der Waals surface area contributed by atoms with E-state index in [2.05, 4.69) is 48.7 Å². The van der Waals surface area contributed by atoms with Crippen molar-refractivity contribution in [2.75, 3.05) is 19.6 Å². The summed E-state index contributed by atoms with van der Waals surface area (Å²) in [5.74, 6) is 1.01. The van der Waals surface area contributed by atoms with Crippen molar-refractivity contribution in [3.63, 3.8) is 0 Å². The van der Waals surface area contributed by atoms with Gasteiger partial charge in [0.15, 0.2) is 0 Å². The van der Waals surface area contributed by atoms with Gasteiger partial charge in [-0.25, -0.2) is 0 Å². The molecule has 0 aromatic heterocycles. The van der Waals surface area contributed by atoms with Crippen LogP contribution in [-0.2, 0) is 6.61 Å². The monoisotopic (exact) mass is 296 g/mol. The molecule has 22 heavy (non-hydrogen) atoms. The summed E-state index contributed by atoms with van der Waals surface area (Å²) in [6.07, 6.45) is 0. The predicted molar refractivity (Wildman–Crippen MR) is 90.3 cm³/mol. The molecule has 3 heteroatoms. The maximum Gasteiger partial charge on any atom is 0.125 e. The highest BCUT2D eigenvalue weighted by atomic mass is 16.5. The minimum atomic E-state index is 0.398. The minimum absolute atomic E-state index is 0.398. The standard InChI is InChI=1S/C19H24N2O/c1-14-10-17(18-12-20-8-9-21-18)11-15(2)19(14)22-13-16-6-4-3-5-7-16/h3-7,10-11,18,20-21H,8-9,12-13H2,1-2H3/t18-/m1/s1. The Labute approximate surface area is 132 Å². The molecule has 1 saturated heterocycles. The van der Waals surface area contributed by atoms with Gasteiger partial charge in [0.2, 0.25) is 0 Å². The van der Waals surface area contributed by atoms with E-state index in [4.69, 9.17) is 4.74 Å². The lowest BCUT2D eigenvalue weighted by molar-refractivity contribution is 0.301. The predicted octanol–water partition coefficient (Wildman–Crippen LogP) is 3.12. The highest BCUT2D eigenvalue weighted by molar-refractivity contribution is 5.44. The first kappa shape index (κ1) is 15.1. The van der Waals surface area contributed by atoms with Crippen LogP contribution in [0.4, 0.5) is 0 Å². The van der Waals surface area contributed by atoms with Crippen molar-refractivity contribution in [1.82, 2.24) is 10.6 Å². The Balaban J connectivity index is 1.74. The van der Waals surface area contributed by atoms with Crippen LogP contribution < -0.4 is 15.4 Å². The van der Waals surface area contributed by atoms with Crippen molar-refractivity contribution in [1.29, 1.82) is 0 Å². The van der Waals surface area contributed by atoms with E-state index in [9.17, 15) is 0 Å². The van der Waals surface area contributed by atoms with Crippen molar-refractivity contribution < 1.29 is 4.74 Å². The number of ether oxygens (including phenoxy) is 1. The first-order chi connectivity index (χ1) is 10.7. The van der Waals surface area contributed by atoms with Crippen LogP contribution in [0.2, 0.25) is 0 Å². The molecule has 116 valence electrons. The molecule has 1 fully saturated rings. The molecule has 0 unspecified atom stereocenters. The highest BCUT2D eigenvalue weighted by Gasteiger charge is 2.16. The number of piperazine rings is 1. The number of aryl methyl sites for hydroxylation is 2. The molecule has 1 heterocycles. The van der Waals surface area contributed by atoms with E-state index in [0.29, 0.717) is 12.6 Å². The molecule has 0 spiro atoms. The van der Waals surface area contributed by atoms with E-state index < -0.39 is 0 Å². The molecule has 0 amide bonds. The summed E-state index contributed by atoms with van der Waals surface area (Å²) >= 11 is 0. The molecule has 0 radical (unpaired) electrons. The van der Waals surface area contributed by atoms with Crippen LogP contribution >= 0.6 is 0 Å². The highest BCUT2D eigenvalue weighted by Crippen LogP contribution is 2.28. The van der Waals surface area contributed by atoms with Crippen molar-refractivity contribution >= 4 is 0 Å². The molecule has 3 rings (SSSR count). The molecular formula is C19H24N2O. The van der Waals surface area contributed by atoms with E-state index in [1.807, 2.05) is 18.2 Å². The zero-order valence-corrected chi connectivity index (χ0v) is 13.4. The molecular weight excluding hydrogens is 272 g/mol. The van der Waals surface area contributed by atoms with Gasteiger partial charge in [0.25, 0.3) is 0 Å². The Morgan fingerprint density at radius 1 is 1.05 bits per heavy atom. The normalized spacial score (nSPS) is 18.2. The molecule has 1 atom stereocenters. The van der Waals surface area contributed by atoms with E-state index in [0.717, 1.165) is 25.4 Å². The fraction of sp³-hybridized carbons (Fsp3) is 0.368. The molecule has 1 aliphatic heterocycles. The van der Waals surface area contributed by atoms with E-state index >= 15 is 0 Å². The molecule has 0 aliphatic carbocycles. The molecule has 0 saturated carbocycles.